The summed E-state index contributed by atoms with van der Waals surface area (Å²) < 4.78 is 0. The molecule has 2 atom stereocenters. The van der Waals surface area contributed by atoms with Crippen molar-refractivity contribution in [3.63, 3.8) is 0 Å². The molecule has 0 radical (unpaired) electrons. The molecule has 2 aliphatic carbocycles. The molecule has 1 aliphatic heterocycles. The third kappa shape index (κ3) is 3.16. The minimum absolute atomic E-state index is 0.774. The van der Waals surface area contributed by atoms with Gasteiger partial charge in [0.1, 0.15) is 0 Å². The average molecular weight is 264 g/mol. The van der Waals surface area contributed by atoms with Gasteiger partial charge in [0.2, 0.25) is 0 Å². The van der Waals surface area contributed by atoms with Crippen LogP contribution in [0.15, 0.2) is 0 Å². The summed E-state index contributed by atoms with van der Waals surface area (Å²) in [5, 5.41) is 0. The molecule has 3 aliphatic rings. The van der Waals surface area contributed by atoms with Crippen LogP contribution in [-0.4, -0.2) is 31.1 Å². The molecule has 2 unspecified atom stereocenters. The lowest BCUT2D eigenvalue weighted by Crippen LogP contribution is -2.43. The van der Waals surface area contributed by atoms with E-state index in [1.54, 1.807) is 0 Å². The van der Waals surface area contributed by atoms with Gasteiger partial charge in [-0.1, -0.05) is 25.7 Å². The van der Waals surface area contributed by atoms with Crippen molar-refractivity contribution in [2.24, 2.45) is 23.0 Å². The standard InChI is InChI=1S/C17H32N2/c18-13-15-5-1-2-6-16(15)14-19-11-9-17(10-12-19)7-3-4-8-17/h15-16H,1-14,18H2. The molecule has 1 spiro atoms. The first-order valence-corrected chi connectivity index (χ1v) is 8.74. The maximum atomic E-state index is 5.97. The van der Waals surface area contributed by atoms with Crippen molar-refractivity contribution in [3.8, 4) is 0 Å². The fourth-order valence-corrected chi connectivity index (χ4v) is 5.00. The van der Waals surface area contributed by atoms with Crippen LogP contribution in [0.25, 0.3) is 0 Å². The molecule has 2 N–H and O–H groups in total. The Balaban J connectivity index is 1.48. The van der Waals surface area contributed by atoms with Gasteiger partial charge in [0, 0.05) is 6.54 Å². The third-order valence-corrected chi connectivity index (χ3v) is 6.44. The zero-order valence-corrected chi connectivity index (χ0v) is 12.6. The van der Waals surface area contributed by atoms with Gasteiger partial charge in [0.25, 0.3) is 0 Å². The second kappa shape index (κ2) is 6.13. The van der Waals surface area contributed by atoms with Gasteiger partial charge < -0.3 is 10.6 Å². The van der Waals surface area contributed by atoms with E-state index in [2.05, 4.69) is 4.90 Å². The quantitative estimate of drug-likeness (QED) is 0.846. The van der Waals surface area contributed by atoms with Crippen LogP contribution in [0.1, 0.15) is 64.2 Å². The molecule has 0 aromatic rings. The van der Waals surface area contributed by atoms with Crippen molar-refractivity contribution in [2.45, 2.75) is 64.2 Å². The molecule has 1 heterocycles. The summed E-state index contributed by atoms with van der Waals surface area (Å²) in [6.45, 7) is 5.00. The van der Waals surface area contributed by atoms with E-state index in [-0.39, 0.29) is 0 Å². The molecule has 0 aromatic heterocycles. The lowest BCUT2D eigenvalue weighted by Gasteiger charge is -2.42. The monoisotopic (exact) mass is 264 g/mol. The van der Waals surface area contributed by atoms with Gasteiger partial charge in [-0.2, -0.15) is 0 Å². The predicted molar refractivity (Wildman–Crippen MR) is 81.1 cm³/mol. The molecule has 110 valence electrons. The van der Waals surface area contributed by atoms with Gasteiger partial charge in [-0.25, -0.2) is 0 Å². The molecule has 0 amide bonds. The Labute approximate surface area is 119 Å². The van der Waals surface area contributed by atoms with Gasteiger partial charge in [-0.15, -0.1) is 0 Å². The highest BCUT2D eigenvalue weighted by molar-refractivity contribution is 4.90. The highest BCUT2D eigenvalue weighted by atomic mass is 15.1. The van der Waals surface area contributed by atoms with Crippen LogP contribution in [0.2, 0.25) is 0 Å². The lowest BCUT2D eigenvalue weighted by molar-refractivity contribution is 0.0766. The van der Waals surface area contributed by atoms with E-state index in [1.165, 1.54) is 83.8 Å². The van der Waals surface area contributed by atoms with Crippen LogP contribution in [0.5, 0.6) is 0 Å². The van der Waals surface area contributed by atoms with E-state index >= 15 is 0 Å². The van der Waals surface area contributed by atoms with Gasteiger partial charge in [0.05, 0.1) is 0 Å². The minimum Gasteiger partial charge on any atom is -0.330 e. The second-order valence-corrected chi connectivity index (χ2v) is 7.55. The third-order valence-electron chi connectivity index (χ3n) is 6.44. The van der Waals surface area contributed by atoms with Crippen LogP contribution in [0.4, 0.5) is 0 Å². The van der Waals surface area contributed by atoms with E-state index < -0.39 is 0 Å². The smallest absolute Gasteiger partial charge is 0.00128 e. The molecule has 2 nitrogen and oxygen atoms in total. The van der Waals surface area contributed by atoms with Crippen LogP contribution >= 0.6 is 0 Å². The Morgan fingerprint density at radius 1 is 0.842 bits per heavy atom. The topological polar surface area (TPSA) is 29.3 Å². The Morgan fingerprint density at radius 2 is 1.47 bits per heavy atom. The Hall–Kier alpha value is -0.0800. The number of nitrogens with zero attached hydrogens (tertiary/aromatic N) is 1. The van der Waals surface area contributed by atoms with Crippen molar-refractivity contribution < 1.29 is 0 Å². The average Bonchev–Trinajstić information content (AvgIpc) is 2.91. The Kier molecular flexibility index (Phi) is 4.48. The van der Waals surface area contributed by atoms with E-state index in [0.29, 0.717) is 0 Å². The predicted octanol–water partition coefficient (Wildman–Crippen LogP) is 3.41. The van der Waals surface area contributed by atoms with Crippen LogP contribution in [0, 0.1) is 17.3 Å². The molecule has 2 saturated carbocycles. The van der Waals surface area contributed by atoms with Crippen LogP contribution in [0.3, 0.4) is 0 Å². The molecule has 3 fully saturated rings. The molecule has 0 aromatic carbocycles. The zero-order chi connectivity index (χ0) is 13.1. The molecule has 3 rings (SSSR count). The molecular weight excluding hydrogens is 232 g/mol. The van der Waals surface area contributed by atoms with Crippen molar-refractivity contribution in [3.05, 3.63) is 0 Å². The second-order valence-electron chi connectivity index (χ2n) is 7.55. The first kappa shape index (κ1) is 13.9. The van der Waals surface area contributed by atoms with E-state index in [1.807, 2.05) is 0 Å². The summed E-state index contributed by atoms with van der Waals surface area (Å²) in [5.74, 6) is 1.72. The number of nitrogens with two attached hydrogens (primary N) is 1. The first-order chi connectivity index (χ1) is 9.31. The summed E-state index contributed by atoms with van der Waals surface area (Å²) in [5.41, 5.74) is 6.75. The summed E-state index contributed by atoms with van der Waals surface area (Å²) in [4.78, 5) is 2.77. The Morgan fingerprint density at radius 3 is 2.11 bits per heavy atom. The number of rotatable bonds is 3. The maximum Gasteiger partial charge on any atom is 0.00128 e. The van der Waals surface area contributed by atoms with Crippen molar-refractivity contribution >= 4 is 0 Å². The number of hydrogen-bond donors (Lipinski definition) is 1. The SMILES string of the molecule is NCC1CCCCC1CN1CCC2(CCCC2)CC1. The highest BCUT2D eigenvalue weighted by Gasteiger charge is 2.37. The Bertz CT molecular complexity index is 273. The fraction of sp³-hybridized carbons (Fsp3) is 1.00. The summed E-state index contributed by atoms with van der Waals surface area (Å²) in [6.07, 6.45) is 14.7. The van der Waals surface area contributed by atoms with Crippen molar-refractivity contribution in [1.82, 2.24) is 4.90 Å². The zero-order valence-electron chi connectivity index (χ0n) is 12.6. The molecule has 2 heteroatoms. The van der Waals surface area contributed by atoms with Crippen LogP contribution < -0.4 is 5.73 Å². The first-order valence-electron chi connectivity index (χ1n) is 8.74. The van der Waals surface area contributed by atoms with Crippen LogP contribution in [-0.2, 0) is 0 Å². The molecule has 1 saturated heterocycles. The highest BCUT2D eigenvalue weighted by Crippen LogP contribution is 2.46. The van der Waals surface area contributed by atoms with Gasteiger partial charge in [-0.05, 0) is 75.4 Å². The minimum atomic E-state index is 0.774. The molecule has 0 bridgehead atoms. The lowest BCUT2D eigenvalue weighted by atomic mass is 9.75. The molecule has 19 heavy (non-hydrogen) atoms. The molecular formula is C17H32N2. The van der Waals surface area contributed by atoms with Gasteiger partial charge >= 0.3 is 0 Å². The summed E-state index contributed by atoms with van der Waals surface area (Å²) >= 11 is 0. The van der Waals surface area contributed by atoms with E-state index in [0.717, 1.165) is 23.8 Å². The van der Waals surface area contributed by atoms with E-state index in [4.69, 9.17) is 5.73 Å². The maximum absolute atomic E-state index is 5.97. The normalized spacial score (nSPS) is 35.8. The fourth-order valence-electron chi connectivity index (χ4n) is 5.00. The largest absolute Gasteiger partial charge is 0.330 e. The van der Waals surface area contributed by atoms with Crippen molar-refractivity contribution in [2.75, 3.05) is 26.2 Å². The summed E-state index contributed by atoms with van der Waals surface area (Å²) in [6, 6.07) is 0. The number of likely N-dealkylation sites (tertiary alicyclic amines) is 1. The van der Waals surface area contributed by atoms with Crippen molar-refractivity contribution in [1.29, 1.82) is 0 Å². The van der Waals surface area contributed by atoms with Gasteiger partial charge in [0.15, 0.2) is 0 Å². The number of piperidine rings is 1. The van der Waals surface area contributed by atoms with Gasteiger partial charge in [-0.3, -0.25) is 0 Å². The van der Waals surface area contributed by atoms with E-state index in [9.17, 15) is 0 Å². The summed E-state index contributed by atoms with van der Waals surface area (Å²) in [7, 11) is 0. The number of hydrogen-bond acceptors (Lipinski definition) is 2.